The molecule has 18 heavy (non-hydrogen) atoms. The number of halogens is 3. The lowest BCUT2D eigenvalue weighted by atomic mass is 9.91. The molecule has 1 unspecified atom stereocenters. The maximum absolute atomic E-state index is 11.9. The van der Waals surface area contributed by atoms with Crippen LogP contribution in [0.5, 0.6) is 0 Å². The normalized spacial score (nSPS) is 20.0. The Bertz CT molecular complexity index is 218. The van der Waals surface area contributed by atoms with Crippen molar-refractivity contribution in [1.82, 2.24) is 5.32 Å². The number of rotatable bonds is 7. The summed E-state index contributed by atoms with van der Waals surface area (Å²) in [7, 11) is 1.84. The molecule has 3 nitrogen and oxygen atoms in total. The van der Waals surface area contributed by atoms with Gasteiger partial charge in [-0.15, -0.1) is 0 Å². The van der Waals surface area contributed by atoms with E-state index in [9.17, 15) is 13.2 Å². The van der Waals surface area contributed by atoms with Crippen molar-refractivity contribution in [3.05, 3.63) is 0 Å². The molecule has 6 heteroatoms. The Morgan fingerprint density at radius 1 is 1.33 bits per heavy atom. The number of alkyl halides is 3. The third-order valence-electron chi connectivity index (χ3n) is 3.24. The van der Waals surface area contributed by atoms with E-state index in [1.807, 2.05) is 7.05 Å². The number of nitrogens with one attached hydrogen (secondary N) is 1. The Morgan fingerprint density at radius 3 is 2.56 bits per heavy atom. The van der Waals surface area contributed by atoms with Gasteiger partial charge < -0.3 is 14.8 Å². The highest BCUT2D eigenvalue weighted by molar-refractivity contribution is 4.72. The van der Waals surface area contributed by atoms with E-state index < -0.39 is 12.8 Å². The minimum Gasteiger partial charge on any atom is -0.381 e. The predicted octanol–water partition coefficient (Wildman–Crippen LogP) is 2.36. The lowest BCUT2D eigenvalue weighted by Crippen LogP contribution is -2.31. The molecule has 1 fully saturated rings. The van der Waals surface area contributed by atoms with E-state index in [1.54, 1.807) is 0 Å². The van der Waals surface area contributed by atoms with Crippen LogP contribution in [0.2, 0.25) is 0 Å². The molecule has 0 spiro atoms. The first-order chi connectivity index (χ1) is 8.51. The van der Waals surface area contributed by atoms with Gasteiger partial charge in [0.15, 0.2) is 0 Å². The van der Waals surface area contributed by atoms with E-state index in [0.717, 1.165) is 32.5 Å². The highest BCUT2D eigenvalue weighted by Gasteiger charge is 2.27. The molecule has 0 amide bonds. The summed E-state index contributed by atoms with van der Waals surface area (Å²) in [6.45, 7) is 0.590. The molecule has 0 aliphatic carbocycles. The van der Waals surface area contributed by atoms with Crippen LogP contribution in [-0.4, -0.2) is 45.7 Å². The molecule has 1 heterocycles. The number of hydrogen-bond acceptors (Lipinski definition) is 3. The van der Waals surface area contributed by atoms with Crippen LogP contribution in [0.15, 0.2) is 0 Å². The summed E-state index contributed by atoms with van der Waals surface area (Å²) in [5.74, 6) is 0.610. The van der Waals surface area contributed by atoms with Gasteiger partial charge >= 0.3 is 6.18 Å². The second kappa shape index (κ2) is 7.96. The van der Waals surface area contributed by atoms with Crippen LogP contribution >= 0.6 is 0 Å². The Morgan fingerprint density at radius 2 is 2.00 bits per heavy atom. The average Bonchev–Trinajstić information content (AvgIpc) is 2.33. The predicted molar refractivity (Wildman–Crippen MR) is 62.5 cm³/mol. The molecule has 0 aromatic rings. The van der Waals surface area contributed by atoms with E-state index in [4.69, 9.17) is 4.74 Å². The molecule has 1 aliphatic heterocycles. The molecule has 0 bridgehead atoms. The van der Waals surface area contributed by atoms with Gasteiger partial charge in [-0.1, -0.05) is 0 Å². The number of ether oxygens (including phenoxy) is 2. The molecule has 1 saturated heterocycles. The SMILES string of the molecule is CNC(CCOCC(F)(F)F)CC1CCOCC1. The van der Waals surface area contributed by atoms with Crippen LogP contribution in [0.1, 0.15) is 25.7 Å². The fourth-order valence-electron chi connectivity index (χ4n) is 2.18. The minimum absolute atomic E-state index is 0.147. The summed E-state index contributed by atoms with van der Waals surface area (Å²) in [6, 6.07) is 0.223. The van der Waals surface area contributed by atoms with E-state index in [-0.39, 0.29) is 12.6 Å². The Hall–Kier alpha value is -0.330. The van der Waals surface area contributed by atoms with Gasteiger partial charge in [-0.05, 0) is 38.6 Å². The van der Waals surface area contributed by atoms with E-state index in [1.165, 1.54) is 0 Å². The first-order valence-electron chi connectivity index (χ1n) is 6.41. The van der Waals surface area contributed by atoms with Crippen molar-refractivity contribution in [3.63, 3.8) is 0 Å². The summed E-state index contributed by atoms with van der Waals surface area (Å²) in [6.07, 6.45) is -0.543. The first kappa shape index (κ1) is 15.7. The van der Waals surface area contributed by atoms with Crippen LogP contribution in [0.4, 0.5) is 13.2 Å². The smallest absolute Gasteiger partial charge is 0.381 e. The topological polar surface area (TPSA) is 30.5 Å². The van der Waals surface area contributed by atoms with E-state index in [2.05, 4.69) is 10.1 Å². The summed E-state index contributed by atoms with van der Waals surface area (Å²) in [5, 5.41) is 3.14. The molecular weight excluding hydrogens is 247 g/mol. The van der Waals surface area contributed by atoms with E-state index in [0.29, 0.717) is 12.3 Å². The molecular formula is C12H22F3NO2. The lowest BCUT2D eigenvalue weighted by Gasteiger charge is -2.26. The fraction of sp³-hybridized carbons (Fsp3) is 1.00. The molecule has 0 radical (unpaired) electrons. The standard InChI is InChI=1S/C12H22F3NO2/c1-16-11(4-7-18-9-12(13,14)15)8-10-2-5-17-6-3-10/h10-11,16H,2-9H2,1H3. The van der Waals surface area contributed by atoms with Gasteiger partial charge in [-0.3, -0.25) is 0 Å². The number of hydrogen-bond donors (Lipinski definition) is 1. The maximum Gasteiger partial charge on any atom is 0.411 e. The van der Waals surface area contributed by atoms with Crippen LogP contribution in [0.25, 0.3) is 0 Å². The van der Waals surface area contributed by atoms with Gasteiger partial charge in [0.05, 0.1) is 0 Å². The fourth-order valence-corrected chi connectivity index (χ4v) is 2.18. The van der Waals surface area contributed by atoms with Crippen molar-refractivity contribution < 1.29 is 22.6 Å². The van der Waals surface area contributed by atoms with Crippen molar-refractivity contribution in [3.8, 4) is 0 Å². The second-order valence-electron chi connectivity index (χ2n) is 4.73. The van der Waals surface area contributed by atoms with Gasteiger partial charge in [-0.2, -0.15) is 13.2 Å². The second-order valence-corrected chi connectivity index (χ2v) is 4.73. The lowest BCUT2D eigenvalue weighted by molar-refractivity contribution is -0.174. The van der Waals surface area contributed by atoms with Crippen molar-refractivity contribution in [1.29, 1.82) is 0 Å². The monoisotopic (exact) mass is 269 g/mol. The van der Waals surface area contributed by atoms with Crippen LogP contribution in [0, 0.1) is 5.92 Å². The van der Waals surface area contributed by atoms with Crippen molar-refractivity contribution in [2.24, 2.45) is 5.92 Å². The highest BCUT2D eigenvalue weighted by Crippen LogP contribution is 2.21. The van der Waals surface area contributed by atoms with Gasteiger partial charge in [0.1, 0.15) is 6.61 Å². The highest BCUT2D eigenvalue weighted by atomic mass is 19.4. The molecule has 108 valence electrons. The van der Waals surface area contributed by atoms with E-state index >= 15 is 0 Å². The van der Waals surface area contributed by atoms with Gasteiger partial charge in [0.25, 0.3) is 0 Å². The van der Waals surface area contributed by atoms with Crippen LogP contribution in [-0.2, 0) is 9.47 Å². The largest absolute Gasteiger partial charge is 0.411 e. The summed E-state index contributed by atoms with van der Waals surface area (Å²) >= 11 is 0. The zero-order chi connectivity index (χ0) is 13.4. The Labute approximate surface area is 106 Å². The van der Waals surface area contributed by atoms with Crippen LogP contribution in [0.3, 0.4) is 0 Å². The molecule has 1 N–H and O–H groups in total. The molecule has 1 atom stereocenters. The third kappa shape index (κ3) is 7.18. The third-order valence-corrected chi connectivity index (χ3v) is 3.24. The summed E-state index contributed by atoms with van der Waals surface area (Å²) < 4.78 is 45.6. The van der Waals surface area contributed by atoms with Crippen molar-refractivity contribution in [2.75, 3.05) is 33.5 Å². The molecule has 1 rings (SSSR count). The van der Waals surface area contributed by atoms with Crippen molar-refractivity contribution in [2.45, 2.75) is 37.9 Å². The maximum atomic E-state index is 11.9. The summed E-state index contributed by atoms with van der Waals surface area (Å²) in [5.41, 5.74) is 0. The molecule has 1 aliphatic rings. The first-order valence-corrected chi connectivity index (χ1v) is 6.41. The minimum atomic E-state index is -4.23. The summed E-state index contributed by atoms with van der Waals surface area (Å²) in [4.78, 5) is 0. The van der Waals surface area contributed by atoms with Crippen molar-refractivity contribution >= 4 is 0 Å². The quantitative estimate of drug-likeness (QED) is 0.720. The molecule has 0 saturated carbocycles. The van der Waals surface area contributed by atoms with Crippen LogP contribution < -0.4 is 5.32 Å². The van der Waals surface area contributed by atoms with Gasteiger partial charge in [-0.25, -0.2) is 0 Å². The zero-order valence-electron chi connectivity index (χ0n) is 10.8. The van der Waals surface area contributed by atoms with Gasteiger partial charge in [0.2, 0.25) is 0 Å². The zero-order valence-corrected chi connectivity index (χ0v) is 10.8. The van der Waals surface area contributed by atoms with Gasteiger partial charge in [0, 0.05) is 25.9 Å². The average molecular weight is 269 g/mol. The Kier molecular flexibility index (Phi) is 6.96. The molecule has 0 aromatic heterocycles. The Balaban J connectivity index is 2.12. The molecule has 0 aromatic carbocycles.